The fourth-order valence-electron chi connectivity index (χ4n) is 1.38. The molecular weight excluding hydrogens is 216 g/mol. The smallest absolute Gasteiger partial charge is 0.291 e. The van der Waals surface area contributed by atoms with Crippen molar-refractivity contribution in [1.82, 2.24) is 0 Å². The summed E-state index contributed by atoms with van der Waals surface area (Å²) >= 11 is 0. The molecule has 0 aliphatic rings. The SMILES string of the molecule is Cc1ccc(C(=O)Nc2ccc(C#N)cc2)o1. The number of carbonyl (C=O) groups excluding carboxylic acids is 1. The van der Waals surface area contributed by atoms with Gasteiger partial charge in [-0.3, -0.25) is 4.79 Å². The van der Waals surface area contributed by atoms with E-state index in [1.807, 2.05) is 6.07 Å². The summed E-state index contributed by atoms with van der Waals surface area (Å²) in [5.41, 5.74) is 1.18. The quantitative estimate of drug-likeness (QED) is 0.856. The normalized spacial score (nSPS) is 9.65. The van der Waals surface area contributed by atoms with E-state index in [9.17, 15) is 4.79 Å². The van der Waals surface area contributed by atoms with Gasteiger partial charge in [-0.25, -0.2) is 0 Å². The second-order valence-electron chi connectivity index (χ2n) is 3.55. The van der Waals surface area contributed by atoms with Crippen LogP contribution in [0.5, 0.6) is 0 Å². The molecule has 0 unspecified atom stereocenters. The Hall–Kier alpha value is -2.54. The molecule has 2 rings (SSSR count). The number of amides is 1. The minimum Gasteiger partial charge on any atom is -0.456 e. The predicted molar refractivity (Wildman–Crippen MR) is 62.6 cm³/mol. The molecule has 0 fully saturated rings. The van der Waals surface area contributed by atoms with E-state index >= 15 is 0 Å². The maximum Gasteiger partial charge on any atom is 0.291 e. The number of rotatable bonds is 2. The first-order chi connectivity index (χ1) is 8.19. The fourth-order valence-corrected chi connectivity index (χ4v) is 1.38. The van der Waals surface area contributed by atoms with E-state index in [2.05, 4.69) is 5.32 Å². The standard InChI is InChI=1S/C13H10N2O2/c1-9-2-7-12(17-9)13(16)15-11-5-3-10(8-14)4-6-11/h2-7H,1H3,(H,15,16). The highest BCUT2D eigenvalue weighted by molar-refractivity contribution is 6.02. The van der Waals surface area contributed by atoms with E-state index in [1.165, 1.54) is 0 Å². The molecule has 4 nitrogen and oxygen atoms in total. The van der Waals surface area contributed by atoms with Gasteiger partial charge in [0.2, 0.25) is 0 Å². The molecule has 1 amide bonds. The third kappa shape index (κ3) is 2.52. The summed E-state index contributed by atoms with van der Waals surface area (Å²) in [7, 11) is 0. The highest BCUT2D eigenvalue weighted by atomic mass is 16.3. The Morgan fingerprint density at radius 3 is 2.47 bits per heavy atom. The maximum absolute atomic E-state index is 11.7. The zero-order chi connectivity index (χ0) is 12.3. The van der Waals surface area contributed by atoms with Crippen molar-refractivity contribution in [2.24, 2.45) is 0 Å². The molecule has 17 heavy (non-hydrogen) atoms. The lowest BCUT2D eigenvalue weighted by Crippen LogP contribution is -2.10. The van der Waals surface area contributed by atoms with Crippen LogP contribution >= 0.6 is 0 Å². The molecule has 1 aromatic heterocycles. The lowest BCUT2D eigenvalue weighted by Gasteiger charge is -2.02. The minimum atomic E-state index is -0.303. The van der Waals surface area contributed by atoms with Crippen molar-refractivity contribution in [3.05, 3.63) is 53.5 Å². The molecule has 0 atom stereocenters. The number of aryl methyl sites for hydroxylation is 1. The van der Waals surface area contributed by atoms with Crippen LogP contribution in [0.1, 0.15) is 21.9 Å². The van der Waals surface area contributed by atoms with E-state index in [0.717, 1.165) is 0 Å². The van der Waals surface area contributed by atoms with Crippen LogP contribution < -0.4 is 5.32 Å². The Kier molecular flexibility index (Phi) is 2.93. The molecule has 1 N–H and O–H groups in total. The van der Waals surface area contributed by atoms with Gasteiger partial charge in [-0.2, -0.15) is 5.26 Å². The van der Waals surface area contributed by atoms with Gasteiger partial charge >= 0.3 is 0 Å². The molecule has 0 saturated heterocycles. The van der Waals surface area contributed by atoms with Crippen LogP contribution in [0.25, 0.3) is 0 Å². The second-order valence-corrected chi connectivity index (χ2v) is 3.55. The lowest BCUT2D eigenvalue weighted by atomic mass is 10.2. The van der Waals surface area contributed by atoms with Crippen molar-refractivity contribution >= 4 is 11.6 Å². The van der Waals surface area contributed by atoms with Gasteiger partial charge in [0, 0.05) is 5.69 Å². The molecule has 4 heteroatoms. The van der Waals surface area contributed by atoms with Crippen LogP contribution in [0.15, 0.2) is 40.8 Å². The highest BCUT2D eigenvalue weighted by Crippen LogP contribution is 2.12. The average Bonchev–Trinajstić information content (AvgIpc) is 2.77. The van der Waals surface area contributed by atoms with Crippen molar-refractivity contribution in [2.45, 2.75) is 6.92 Å². The van der Waals surface area contributed by atoms with Gasteiger partial charge in [0.15, 0.2) is 5.76 Å². The Morgan fingerprint density at radius 1 is 1.24 bits per heavy atom. The van der Waals surface area contributed by atoms with E-state index in [1.54, 1.807) is 43.3 Å². The van der Waals surface area contributed by atoms with E-state index in [4.69, 9.17) is 9.68 Å². The van der Waals surface area contributed by atoms with Crippen molar-refractivity contribution < 1.29 is 9.21 Å². The first-order valence-corrected chi connectivity index (χ1v) is 5.07. The molecule has 0 aliphatic heterocycles. The number of carbonyl (C=O) groups is 1. The van der Waals surface area contributed by atoms with Crippen molar-refractivity contribution in [3.63, 3.8) is 0 Å². The van der Waals surface area contributed by atoms with Crippen LogP contribution in [0.2, 0.25) is 0 Å². The number of nitrogens with zero attached hydrogens (tertiary/aromatic N) is 1. The number of furan rings is 1. The van der Waals surface area contributed by atoms with Crippen LogP contribution in [0.4, 0.5) is 5.69 Å². The largest absolute Gasteiger partial charge is 0.456 e. The molecule has 2 aromatic rings. The van der Waals surface area contributed by atoms with Crippen LogP contribution in [0, 0.1) is 18.3 Å². The zero-order valence-electron chi connectivity index (χ0n) is 9.23. The molecule has 84 valence electrons. The molecule has 0 bridgehead atoms. The maximum atomic E-state index is 11.7. The lowest BCUT2D eigenvalue weighted by molar-refractivity contribution is 0.0995. The zero-order valence-corrected chi connectivity index (χ0v) is 9.23. The van der Waals surface area contributed by atoms with Gasteiger partial charge in [0.1, 0.15) is 5.76 Å². The van der Waals surface area contributed by atoms with E-state index in [0.29, 0.717) is 17.0 Å². The highest BCUT2D eigenvalue weighted by Gasteiger charge is 2.09. The van der Waals surface area contributed by atoms with Crippen molar-refractivity contribution in [2.75, 3.05) is 5.32 Å². The number of nitrogens with one attached hydrogen (secondary N) is 1. The van der Waals surface area contributed by atoms with Crippen LogP contribution in [-0.4, -0.2) is 5.91 Å². The number of hydrogen-bond acceptors (Lipinski definition) is 3. The third-order valence-corrected chi connectivity index (χ3v) is 2.24. The average molecular weight is 226 g/mol. The van der Waals surface area contributed by atoms with Crippen LogP contribution in [-0.2, 0) is 0 Å². The molecule has 1 heterocycles. The Balaban J connectivity index is 2.11. The molecule has 0 saturated carbocycles. The summed E-state index contributed by atoms with van der Waals surface area (Å²) in [6, 6.07) is 12.0. The van der Waals surface area contributed by atoms with Gasteiger partial charge < -0.3 is 9.73 Å². The third-order valence-electron chi connectivity index (χ3n) is 2.24. The summed E-state index contributed by atoms with van der Waals surface area (Å²) in [6.45, 7) is 1.78. The summed E-state index contributed by atoms with van der Waals surface area (Å²) in [4.78, 5) is 11.7. The fraction of sp³-hybridized carbons (Fsp3) is 0.0769. The number of anilines is 1. The summed E-state index contributed by atoms with van der Waals surface area (Å²) < 4.78 is 5.20. The summed E-state index contributed by atoms with van der Waals surface area (Å²) in [5, 5.41) is 11.3. The molecule has 0 aliphatic carbocycles. The summed E-state index contributed by atoms with van der Waals surface area (Å²) in [6.07, 6.45) is 0. The number of hydrogen-bond donors (Lipinski definition) is 1. The molecule has 0 spiro atoms. The van der Waals surface area contributed by atoms with Gasteiger partial charge in [0.05, 0.1) is 11.6 Å². The predicted octanol–water partition coefficient (Wildman–Crippen LogP) is 2.71. The van der Waals surface area contributed by atoms with Crippen molar-refractivity contribution in [3.8, 4) is 6.07 Å². The topological polar surface area (TPSA) is 66.0 Å². The first-order valence-electron chi connectivity index (χ1n) is 5.07. The van der Waals surface area contributed by atoms with E-state index in [-0.39, 0.29) is 11.7 Å². The number of nitriles is 1. The monoisotopic (exact) mass is 226 g/mol. The Labute approximate surface area is 98.5 Å². The Morgan fingerprint density at radius 2 is 1.94 bits per heavy atom. The molecular formula is C13H10N2O2. The van der Waals surface area contributed by atoms with Crippen molar-refractivity contribution in [1.29, 1.82) is 5.26 Å². The first kappa shape index (κ1) is 11.0. The Bertz CT molecular complexity index is 576. The second kappa shape index (κ2) is 4.54. The van der Waals surface area contributed by atoms with Gasteiger partial charge in [-0.1, -0.05) is 0 Å². The van der Waals surface area contributed by atoms with Gasteiger partial charge in [-0.05, 0) is 43.3 Å². The van der Waals surface area contributed by atoms with Gasteiger partial charge in [-0.15, -0.1) is 0 Å². The molecule has 1 aromatic carbocycles. The minimum absolute atomic E-state index is 0.270. The summed E-state index contributed by atoms with van der Waals surface area (Å²) in [5.74, 6) is 0.657. The van der Waals surface area contributed by atoms with Crippen LogP contribution in [0.3, 0.4) is 0 Å². The van der Waals surface area contributed by atoms with Gasteiger partial charge in [0.25, 0.3) is 5.91 Å². The van der Waals surface area contributed by atoms with E-state index < -0.39 is 0 Å². The molecule has 0 radical (unpaired) electrons. The number of benzene rings is 1.